The third-order valence-electron chi connectivity index (χ3n) is 2.69. The molecule has 5 nitrogen and oxygen atoms in total. The van der Waals surface area contributed by atoms with E-state index in [2.05, 4.69) is 20.7 Å². The molecule has 8 heteroatoms. The Hall–Kier alpha value is -1.05. The van der Waals surface area contributed by atoms with E-state index in [1.54, 1.807) is 13.0 Å². The van der Waals surface area contributed by atoms with Gasteiger partial charge >= 0.3 is 5.97 Å². The predicted octanol–water partition coefficient (Wildman–Crippen LogP) is 2.79. The van der Waals surface area contributed by atoms with Crippen molar-refractivity contribution in [1.29, 1.82) is 0 Å². The van der Waals surface area contributed by atoms with Crippen LogP contribution in [0, 0.1) is 0 Å². The third kappa shape index (κ3) is 4.72. The zero-order valence-corrected chi connectivity index (χ0v) is 14.3. The third-order valence-corrected chi connectivity index (χ3v) is 3.31. The van der Waals surface area contributed by atoms with Gasteiger partial charge < -0.3 is 19.9 Å². The fourth-order valence-corrected chi connectivity index (χ4v) is 2.15. The Kier molecular flexibility index (Phi) is 8.61. The number of nitrogens with two attached hydrogens (primary N) is 1. The van der Waals surface area contributed by atoms with Crippen LogP contribution in [-0.2, 0) is 9.53 Å². The van der Waals surface area contributed by atoms with Crippen LogP contribution in [0.4, 0.5) is 4.39 Å². The molecule has 0 aliphatic carbocycles. The lowest BCUT2D eigenvalue weighted by atomic mass is 10.0. The standard InChI is InChI=1S/C13H17BrFNO4.ClH/c1-4-20-13(17)11(15)12(16)7-5-10(19-3)8(14)6-9(7)18-2;/h5-6,11-12H,4,16H2,1-3H3;1H/t11?,12-;/m1./s1. The van der Waals surface area contributed by atoms with Crippen molar-refractivity contribution in [2.24, 2.45) is 5.73 Å². The summed E-state index contributed by atoms with van der Waals surface area (Å²) >= 11 is 3.29. The van der Waals surface area contributed by atoms with Crippen LogP contribution in [0.2, 0.25) is 0 Å². The van der Waals surface area contributed by atoms with E-state index in [1.807, 2.05) is 0 Å². The maximum Gasteiger partial charge on any atom is 0.342 e. The molecule has 0 heterocycles. The van der Waals surface area contributed by atoms with Gasteiger partial charge in [-0.25, -0.2) is 9.18 Å². The van der Waals surface area contributed by atoms with Crippen LogP contribution in [0.15, 0.2) is 16.6 Å². The van der Waals surface area contributed by atoms with E-state index in [-0.39, 0.29) is 19.0 Å². The second-order valence-corrected chi connectivity index (χ2v) is 4.76. The van der Waals surface area contributed by atoms with E-state index in [4.69, 9.17) is 15.2 Å². The number of halogens is 3. The van der Waals surface area contributed by atoms with Gasteiger partial charge in [-0.05, 0) is 35.0 Å². The van der Waals surface area contributed by atoms with Gasteiger partial charge in [0.1, 0.15) is 11.5 Å². The number of carbonyl (C=O) groups is 1. The van der Waals surface area contributed by atoms with Crippen LogP contribution in [0.5, 0.6) is 11.5 Å². The lowest BCUT2D eigenvalue weighted by molar-refractivity contribution is -0.149. The first-order valence-corrected chi connectivity index (χ1v) is 6.73. The average molecular weight is 387 g/mol. The number of ether oxygens (including phenoxy) is 3. The minimum absolute atomic E-state index is 0. The second-order valence-electron chi connectivity index (χ2n) is 3.91. The van der Waals surface area contributed by atoms with E-state index >= 15 is 0 Å². The predicted molar refractivity (Wildman–Crippen MR) is 83.0 cm³/mol. The van der Waals surface area contributed by atoms with Gasteiger partial charge in [0, 0.05) is 5.56 Å². The molecule has 0 amide bonds. The van der Waals surface area contributed by atoms with Crippen LogP contribution in [0.3, 0.4) is 0 Å². The van der Waals surface area contributed by atoms with Gasteiger partial charge in [0.05, 0.1) is 31.3 Å². The number of esters is 1. The Balaban J connectivity index is 0.00000400. The smallest absolute Gasteiger partial charge is 0.342 e. The summed E-state index contributed by atoms with van der Waals surface area (Å²) in [5, 5.41) is 0. The molecule has 0 bridgehead atoms. The largest absolute Gasteiger partial charge is 0.496 e. The number of alkyl halides is 1. The maximum absolute atomic E-state index is 14.0. The Morgan fingerprint density at radius 3 is 2.38 bits per heavy atom. The summed E-state index contributed by atoms with van der Waals surface area (Å²) in [6.07, 6.45) is -1.98. The lowest BCUT2D eigenvalue weighted by Crippen LogP contribution is -2.31. The summed E-state index contributed by atoms with van der Waals surface area (Å²) in [7, 11) is 2.90. The highest BCUT2D eigenvalue weighted by Gasteiger charge is 2.30. The molecule has 0 aliphatic heterocycles. The second kappa shape index (κ2) is 9.07. The van der Waals surface area contributed by atoms with Gasteiger partial charge in [-0.1, -0.05) is 0 Å². The molecule has 2 N–H and O–H groups in total. The van der Waals surface area contributed by atoms with Crippen molar-refractivity contribution in [1.82, 2.24) is 0 Å². The molecule has 0 saturated carbocycles. The van der Waals surface area contributed by atoms with E-state index in [1.165, 1.54) is 20.3 Å². The van der Waals surface area contributed by atoms with Gasteiger partial charge in [0.2, 0.25) is 6.17 Å². The number of hydrogen-bond donors (Lipinski definition) is 1. The fraction of sp³-hybridized carbons (Fsp3) is 0.462. The number of carbonyl (C=O) groups excluding carboxylic acids is 1. The number of rotatable bonds is 6. The molecule has 0 radical (unpaired) electrons. The molecular weight excluding hydrogens is 369 g/mol. The molecule has 0 spiro atoms. The summed E-state index contributed by atoms with van der Waals surface area (Å²) in [6.45, 7) is 1.69. The summed E-state index contributed by atoms with van der Waals surface area (Å²) in [6, 6.07) is 1.93. The lowest BCUT2D eigenvalue weighted by Gasteiger charge is -2.19. The van der Waals surface area contributed by atoms with E-state index in [0.717, 1.165) is 0 Å². The first-order chi connectivity index (χ1) is 9.46. The van der Waals surface area contributed by atoms with Crippen molar-refractivity contribution in [2.75, 3.05) is 20.8 Å². The zero-order chi connectivity index (χ0) is 15.3. The molecule has 120 valence electrons. The monoisotopic (exact) mass is 385 g/mol. The minimum atomic E-state index is -1.98. The van der Waals surface area contributed by atoms with Gasteiger partial charge in [0.15, 0.2) is 0 Å². The molecule has 21 heavy (non-hydrogen) atoms. The van der Waals surface area contributed by atoms with Crippen molar-refractivity contribution in [3.63, 3.8) is 0 Å². The SMILES string of the molecule is CCOC(=O)C(F)[C@H](N)c1cc(OC)c(Br)cc1OC.Cl. The van der Waals surface area contributed by atoms with Crippen molar-refractivity contribution < 1.29 is 23.4 Å². The highest BCUT2D eigenvalue weighted by molar-refractivity contribution is 9.10. The molecule has 1 aromatic carbocycles. The van der Waals surface area contributed by atoms with E-state index in [9.17, 15) is 9.18 Å². The number of hydrogen-bond acceptors (Lipinski definition) is 5. The van der Waals surface area contributed by atoms with Crippen molar-refractivity contribution in [3.05, 3.63) is 22.2 Å². The van der Waals surface area contributed by atoms with E-state index in [0.29, 0.717) is 21.5 Å². The molecule has 2 atom stereocenters. The maximum atomic E-state index is 14.0. The Labute approximate surface area is 137 Å². The highest BCUT2D eigenvalue weighted by Crippen LogP contribution is 2.36. The minimum Gasteiger partial charge on any atom is -0.496 e. The van der Waals surface area contributed by atoms with Gasteiger partial charge in [-0.3, -0.25) is 0 Å². The number of methoxy groups -OCH3 is 2. The van der Waals surface area contributed by atoms with Crippen LogP contribution in [-0.4, -0.2) is 33.0 Å². The Morgan fingerprint density at radius 2 is 1.90 bits per heavy atom. The van der Waals surface area contributed by atoms with Crippen LogP contribution < -0.4 is 15.2 Å². The van der Waals surface area contributed by atoms with Crippen LogP contribution in [0.1, 0.15) is 18.5 Å². The molecule has 0 saturated heterocycles. The molecule has 1 rings (SSSR count). The first kappa shape index (κ1) is 19.9. The topological polar surface area (TPSA) is 70.8 Å². The van der Waals surface area contributed by atoms with Crippen LogP contribution in [0.25, 0.3) is 0 Å². The van der Waals surface area contributed by atoms with Gasteiger partial charge in [-0.15, -0.1) is 12.4 Å². The normalized spacial score (nSPS) is 12.9. The van der Waals surface area contributed by atoms with Crippen molar-refractivity contribution in [3.8, 4) is 11.5 Å². The zero-order valence-electron chi connectivity index (χ0n) is 11.9. The van der Waals surface area contributed by atoms with Crippen molar-refractivity contribution >= 4 is 34.3 Å². The molecule has 1 unspecified atom stereocenters. The van der Waals surface area contributed by atoms with Gasteiger partial charge in [-0.2, -0.15) is 0 Å². The summed E-state index contributed by atoms with van der Waals surface area (Å²) < 4.78 is 29.5. The van der Waals surface area contributed by atoms with Gasteiger partial charge in [0.25, 0.3) is 0 Å². The average Bonchev–Trinajstić information content (AvgIpc) is 2.45. The summed E-state index contributed by atoms with van der Waals surface area (Å²) in [5.41, 5.74) is 6.12. The molecule has 0 aromatic heterocycles. The molecule has 0 fully saturated rings. The van der Waals surface area contributed by atoms with Crippen molar-refractivity contribution in [2.45, 2.75) is 19.1 Å². The summed E-state index contributed by atoms with van der Waals surface area (Å²) in [5.74, 6) is -0.173. The summed E-state index contributed by atoms with van der Waals surface area (Å²) in [4.78, 5) is 11.4. The quantitative estimate of drug-likeness (QED) is 0.761. The molecule has 1 aromatic rings. The fourth-order valence-electron chi connectivity index (χ4n) is 1.67. The Morgan fingerprint density at radius 1 is 1.33 bits per heavy atom. The first-order valence-electron chi connectivity index (χ1n) is 5.93. The molecule has 0 aliphatic rings. The Bertz CT molecular complexity index is 489. The molecular formula is C13H18BrClFNO4. The number of benzene rings is 1. The highest BCUT2D eigenvalue weighted by atomic mass is 79.9. The van der Waals surface area contributed by atoms with Crippen LogP contribution >= 0.6 is 28.3 Å². The van der Waals surface area contributed by atoms with E-state index < -0.39 is 18.2 Å².